The molecule has 1 aliphatic heterocycles. The first-order valence-electron chi connectivity index (χ1n) is 9.07. The Labute approximate surface area is 154 Å². The van der Waals surface area contributed by atoms with Gasteiger partial charge in [-0.25, -0.2) is 4.79 Å². The molecule has 0 saturated carbocycles. The summed E-state index contributed by atoms with van der Waals surface area (Å²) in [6.45, 7) is 4.11. The number of rotatable bonds is 5. The van der Waals surface area contributed by atoms with Gasteiger partial charge in [0.2, 0.25) is 6.39 Å². The molecule has 7 nitrogen and oxygen atoms in total. The number of likely N-dealkylation sites (tertiary alicyclic amines) is 1. The number of urea groups is 1. The number of aromatic nitrogens is 2. The number of carbonyl (C=O) groups is 1. The fraction of sp³-hybridized carbons (Fsp3) is 0.526. The Morgan fingerprint density at radius 2 is 2.08 bits per heavy atom. The lowest BCUT2D eigenvalue weighted by molar-refractivity contribution is 0.175. The summed E-state index contributed by atoms with van der Waals surface area (Å²) in [5, 5.41) is 7.02. The molecule has 0 bridgehead atoms. The SMILES string of the molecule is Cc1ccccc1[C@H](CNC(=O)N1CCC(c2ncon2)CC1)N(C)C. The zero-order valence-corrected chi connectivity index (χ0v) is 15.7. The molecular weight excluding hydrogens is 330 g/mol. The lowest BCUT2D eigenvalue weighted by Gasteiger charge is -2.32. The standard InChI is InChI=1S/C19H27N5O2/c1-14-6-4-5-7-16(14)17(23(2)3)12-20-19(25)24-10-8-15(9-11-24)18-21-13-26-22-18/h4-7,13,15,17H,8-12H2,1-3H3,(H,20,25)/t17-/m0/s1. The van der Waals surface area contributed by atoms with Gasteiger partial charge in [-0.3, -0.25) is 0 Å². The molecule has 2 heterocycles. The smallest absolute Gasteiger partial charge is 0.317 e. The van der Waals surface area contributed by atoms with Crippen LogP contribution in [-0.2, 0) is 0 Å². The van der Waals surface area contributed by atoms with Crippen molar-refractivity contribution in [1.82, 2.24) is 25.3 Å². The van der Waals surface area contributed by atoms with Gasteiger partial charge in [0.05, 0.1) is 6.04 Å². The monoisotopic (exact) mass is 357 g/mol. The van der Waals surface area contributed by atoms with Crippen molar-refractivity contribution < 1.29 is 9.32 Å². The van der Waals surface area contributed by atoms with Crippen LogP contribution in [0.5, 0.6) is 0 Å². The number of nitrogens with one attached hydrogen (secondary N) is 1. The van der Waals surface area contributed by atoms with Crippen LogP contribution < -0.4 is 5.32 Å². The van der Waals surface area contributed by atoms with Crippen LogP contribution >= 0.6 is 0 Å². The second-order valence-electron chi connectivity index (χ2n) is 7.07. The van der Waals surface area contributed by atoms with Gasteiger partial charge in [0.25, 0.3) is 0 Å². The van der Waals surface area contributed by atoms with E-state index in [1.807, 2.05) is 31.1 Å². The number of piperidine rings is 1. The molecule has 0 aliphatic carbocycles. The van der Waals surface area contributed by atoms with Crippen molar-refractivity contribution in [3.63, 3.8) is 0 Å². The number of amides is 2. The average Bonchev–Trinajstić information content (AvgIpc) is 3.18. The maximum absolute atomic E-state index is 12.6. The molecule has 26 heavy (non-hydrogen) atoms. The van der Waals surface area contributed by atoms with Gasteiger partial charge in [-0.2, -0.15) is 4.98 Å². The van der Waals surface area contributed by atoms with Crippen LogP contribution in [0, 0.1) is 6.92 Å². The second kappa shape index (κ2) is 8.31. The molecule has 2 aromatic rings. The van der Waals surface area contributed by atoms with Gasteiger partial charge in [-0.1, -0.05) is 29.4 Å². The maximum atomic E-state index is 12.6. The molecular formula is C19H27N5O2. The first kappa shape index (κ1) is 18.4. The van der Waals surface area contributed by atoms with Gasteiger partial charge in [0.15, 0.2) is 5.82 Å². The minimum Gasteiger partial charge on any atom is -0.343 e. The molecule has 2 amide bonds. The zero-order chi connectivity index (χ0) is 18.5. The lowest BCUT2D eigenvalue weighted by atomic mass is 9.96. The summed E-state index contributed by atoms with van der Waals surface area (Å²) in [4.78, 5) is 20.7. The van der Waals surface area contributed by atoms with Gasteiger partial charge >= 0.3 is 6.03 Å². The fourth-order valence-corrected chi connectivity index (χ4v) is 3.53. The quantitative estimate of drug-likeness (QED) is 0.890. The topological polar surface area (TPSA) is 74.5 Å². The van der Waals surface area contributed by atoms with Gasteiger partial charge in [0, 0.05) is 25.6 Å². The highest BCUT2D eigenvalue weighted by Gasteiger charge is 2.27. The highest BCUT2D eigenvalue weighted by Crippen LogP contribution is 2.25. The average molecular weight is 357 g/mol. The number of benzene rings is 1. The summed E-state index contributed by atoms with van der Waals surface area (Å²) in [7, 11) is 4.08. The van der Waals surface area contributed by atoms with Crippen LogP contribution in [0.1, 0.15) is 41.8 Å². The summed E-state index contributed by atoms with van der Waals surface area (Å²) in [6, 6.07) is 8.47. The number of carbonyl (C=O) groups excluding carboxylic acids is 1. The van der Waals surface area contributed by atoms with Crippen molar-refractivity contribution in [3.05, 3.63) is 47.6 Å². The second-order valence-corrected chi connectivity index (χ2v) is 7.07. The summed E-state index contributed by atoms with van der Waals surface area (Å²) in [6.07, 6.45) is 3.09. The van der Waals surface area contributed by atoms with Crippen LogP contribution in [0.4, 0.5) is 4.79 Å². The van der Waals surface area contributed by atoms with E-state index in [-0.39, 0.29) is 18.0 Å². The Hall–Kier alpha value is -2.41. The molecule has 1 fully saturated rings. The minimum atomic E-state index is -0.00278. The third kappa shape index (κ3) is 4.22. The van der Waals surface area contributed by atoms with Crippen LogP contribution in [-0.4, -0.2) is 59.7 Å². The number of hydrogen-bond donors (Lipinski definition) is 1. The predicted molar refractivity (Wildman–Crippen MR) is 98.9 cm³/mol. The Balaban J connectivity index is 1.54. The molecule has 0 radical (unpaired) electrons. The number of aryl methyl sites for hydroxylation is 1. The normalized spacial score (nSPS) is 16.7. The molecule has 1 aliphatic rings. The third-order valence-corrected chi connectivity index (χ3v) is 5.14. The van der Waals surface area contributed by atoms with E-state index in [0.29, 0.717) is 19.6 Å². The minimum absolute atomic E-state index is 0.00278. The number of nitrogens with zero attached hydrogens (tertiary/aromatic N) is 4. The van der Waals surface area contributed by atoms with E-state index in [4.69, 9.17) is 4.52 Å². The Kier molecular flexibility index (Phi) is 5.88. The molecule has 140 valence electrons. The Bertz CT molecular complexity index is 708. The van der Waals surface area contributed by atoms with Crippen LogP contribution in [0.25, 0.3) is 0 Å². The predicted octanol–water partition coefficient (Wildman–Crippen LogP) is 2.57. The molecule has 0 spiro atoms. The fourth-order valence-electron chi connectivity index (χ4n) is 3.53. The van der Waals surface area contributed by atoms with E-state index in [1.165, 1.54) is 17.5 Å². The van der Waals surface area contributed by atoms with Crippen molar-refractivity contribution in [1.29, 1.82) is 0 Å². The van der Waals surface area contributed by atoms with Crippen molar-refractivity contribution >= 4 is 6.03 Å². The van der Waals surface area contributed by atoms with E-state index < -0.39 is 0 Å². The Morgan fingerprint density at radius 1 is 1.35 bits per heavy atom. The molecule has 1 atom stereocenters. The highest BCUT2D eigenvalue weighted by molar-refractivity contribution is 5.74. The summed E-state index contributed by atoms with van der Waals surface area (Å²) in [5.41, 5.74) is 2.48. The lowest BCUT2D eigenvalue weighted by Crippen LogP contribution is -2.46. The van der Waals surface area contributed by atoms with Crippen molar-refractivity contribution in [2.75, 3.05) is 33.7 Å². The van der Waals surface area contributed by atoms with E-state index in [9.17, 15) is 4.79 Å². The maximum Gasteiger partial charge on any atom is 0.317 e. The summed E-state index contributed by atoms with van der Waals surface area (Å²) >= 11 is 0. The highest BCUT2D eigenvalue weighted by atomic mass is 16.5. The van der Waals surface area contributed by atoms with Crippen molar-refractivity contribution in [2.24, 2.45) is 0 Å². The summed E-state index contributed by atoms with van der Waals surface area (Å²) in [5.74, 6) is 1.02. The van der Waals surface area contributed by atoms with Gasteiger partial charge < -0.3 is 19.6 Å². The van der Waals surface area contributed by atoms with Crippen molar-refractivity contribution in [3.8, 4) is 0 Å². The molecule has 1 saturated heterocycles. The first-order valence-corrected chi connectivity index (χ1v) is 9.07. The van der Waals surface area contributed by atoms with Gasteiger partial charge in [0.1, 0.15) is 0 Å². The molecule has 1 N–H and O–H groups in total. The molecule has 0 unspecified atom stereocenters. The molecule has 1 aromatic heterocycles. The van der Waals surface area contributed by atoms with E-state index in [2.05, 4.69) is 39.4 Å². The van der Waals surface area contributed by atoms with E-state index >= 15 is 0 Å². The zero-order valence-electron chi connectivity index (χ0n) is 15.7. The Morgan fingerprint density at radius 3 is 2.69 bits per heavy atom. The van der Waals surface area contributed by atoms with Gasteiger partial charge in [-0.15, -0.1) is 0 Å². The summed E-state index contributed by atoms with van der Waals surface area (Å²) < 4.78 is 4.82. The van der Waals surface area contributed by atoms with Crippen molar-refractivity contribution in [2.45, 2.75) is 31.7 Å². The van der Waals surface area contributed by atoms with Crippen LogP contribution in [0.3, 0.4) is 0 Å². The van der Waals surface area contributed by atoms with Gasteiger partial charge in [-0.05, 0) is 45.0 Å². The number of hydrogen-bond acceptors (Lipinski definition) is 5. The van der Waals surface area contributed by atoms with E-state index in [1.54, 1.807) is 0 Å². The largest absolute Gasteiger partial charge is 0.343 e. The third-order valence-electron chi connectivity index (χ3n) is 5.14. The first-order chi connectivity index (χ1) is 12.6. The van der Waals surface area contributed by atoms with Crippen LogP contribution in [0.2, 0.25) is 0 Å². The molecule has 7 heteroatoms. The van der Waals surface area contributed by atoms with E-state index in [0.717, 1.165) is 18.7 Å². The molecule has 3 rings (SSSR count). The molecule has 1 aromatic carbocycles. The van der Waals surface area contributed by atoms with Crippen LogP contribution in [0.15, 0.2) is 35.2 Å². The number of likely N-dealkylation sites (N-methyl/N-ethyl adjacent to an activating group) is 1.